The van der Waals surface area contributed by atoms with Crippen molar-refractivity contribution in [1.82, 2.24) is 14.3 Å². The molecular formula is C23H21N3O2S. The number of hydrogen-bond acceptors (Lipinski definition) is 4. The van der Waals surface area contributed by atoms with Gasteiger partial charge >= 0.3 is 0 Å². The second-order valence-electron chi connectivity index (χ2n) is 7.26. The molecule has 5 rings (SSSR count). The molecule has 29 heavy (non-hydrogen) atoms. The van der Waals surface area contributed by atoms with Gasteiger partial charge in [0.05, 0.1) is 12.2 Å². The number of pyridine rings is 1. The van der Waals surface area contributed by atoms with Crippen molar-refractivity contribution in [2.75, 3.05) is 0 Å². The van der Waals surface area contributed by atoms with Gasteiger partial charge in [0.15, 0.2) is 0 Å². The van der Waals surface area contributed by atoms with E-state index in [-0.39, 0.29) is 5.91 Å². The van der Waals surface area contributed by atoms with Crippen LogP contribution in [0.2, 0.25) is 0 Å². The van der Waals surface area contributed by atoms with Gasteiger partial charge in [0.2, 0.25) is 0 Å². The number of benzene rings is 1. The average molecular weight is 404 g/mol. The smallest absolute Gasteiger partial charge is 0.254 e. The van der Waals surface area contributed by atoms with E-state index in [9.17, 15) is 4.79 Å². The van der Waals surface area contributed by atoms with E-state index in [0.717, 1.165) is 24.2 Å². The molecule has 0 N–H and O–H groups in total. The number of nitrogens with zero attached hydrogens (tertiary/aromatic N) is 3. The lowest BCUT2D eigenvalue weighted by Crippen LogP contribution is -2.32. The largest absolute Gasteiger partial charge is 0.487 e. The quantitative estimate of drug-likeness (QED) is 0.446. The molecule has 0 radical (unpaired) electrons. The Labute approximate surface area is 173 Å². The van der Waals surface area contributed by atoms with Gasteiger partial charge in [-0.25, -0.2) is 4.98 Å². The molecule has 3 heterocycles. The van der Waals surface area contributed by atoms with Crippen LogP contribution in [0.3, 0.4) is 0 Å². The van der Waals surface area contributed by atoms with Crippen molar-refractivity contribution in [3.05, 3.63) is 88.5 Å². The van der Waals surface area contributed by atoms with Crippen molar-refractivity contribution in [3.63, 3.8) is 0 Å². The van der Waals surface area contributed by atoms with Crippen molar-refractivity contribution < 1.29 is 9.53 Å². The first-order valence-corrected chi connectivity index (χ1v) is 10.6. The Bertz CT molecular complexity index is 1100. The van der Waals surface area contributed by atoms with E-state index in [1.807, 2.05) is 70.2 Å². The number of carbonyl (C=O) groups excluding carboxylic acids is 1. The highest BCUT2D eigenvalue weighted by Gasteiger charge is 2.33. The molecule has 1 amide bonds. The maximum absolute atomic E-state index is 13.2. The SMILES string of the molecule is O=C(c1cccc(OCc2cn3ccccc3n2)c1)N(Cc1cccs1)C1CC1. The Balaban J connectivity index is 1.30. The Kier molecular flexibility index (Phi) is 4.77. The molecule has 6 heteroatoms. The fourth-order valence-corrected chi connectivity index (χ4v) is 4.12. The second-order valence-corrected chi connectivity index (χ2v) is 8.29. The maximum atomic E-state index is 13.2. The Morgan fingerprint density at radius 2 is 2.10 bits per heavy atom. The third kappa shape index (κ3) is 4.03. The molecule has 1 aromatic carbocycles. The summed E-state index contributed by atoms with van der Waals surface area (Å²) in [4.78, 5) is 20.9. The Morgan fingerprint density at radius 3 is 2.90 bits per heavy atom. The number of fused-ring (bicyclic) bond motifs is 1. The first kappa shape index (κ1) is 17.9. The van der Waals surface area contributed by atoms with Crippen molar-refractivity contribution in [2.45, 2.75) is 32.0 Å². The predicted octanol–water partition coefficient (Wildman–Crippen LogP) is 4.78. The molecule has 1 aliphatic carbocycles. The first-order valence-electron chi connectivity index (χ1n) is 9.75. The molecular weight excluding hydrogens is 382 g/mol. The molecule has 4 aromatic rings. The Hall–Kier alpha value is -3.12. The fraction of sp³-hybridized carbons (Fsp3) is 0.217. The molecule has 1 aliphatic rings. The van der Waals surface area contributed by atoms with Crippen LogP contribution in [0.15, 0.2) is 72.4 Å². The van der Waals surface area contributed by atoms with E-state index in [1.165, 1.54) is 4.88 Å². The van der Waals surface area contributed by atoms with Crippen molar-refractivity contribution in [3.8, 4) is 5.75 Å². The molecule has 0 atom stereocenters. The van der Waals surface area contributed by atoms with Crippen LogP contribution in [-0.2, 0) is 13.2 Å². The van der Waals surface area contributed by atoms with Crippen LogP contribution in [0.1, 0.15) is 33.8 Å². The summed E-state index contributed by atoms with van der Waals surface area (Å²) in [6, 6.07) is 17.8. The zero-order valence-electron chi connectivity index (χ0n) is 15.9. The third-order valence-corrected chi connectivity index (χ3v) is 5.90. The number of thiophene rings is 1. The highest BCUT2D eigenvalue weighted by atomic mass is 32.1. The second kappa shape index (κ2) is 7.72. The van der Waals surface area contributed by atoms with Gasteiger partial charge in [0, 0.05) is 28.9 Å². The van der Waals surface area contributed by atoms with Gasteiger partial charge in [-0.15, -0.1) is 11.3 Å². The summed E-state index contributed by atoms with van der Waals surface area (Å²) in [5, 5.41) is 2.05. The molecule has 0 aliphatic heterocycles. The standard InChI is InChI=1S/C23H21N3O2S/c27-23(26(19-9-10-19)15-21-7-4-12-29-21)17-5-3-6-20(13-17)28-16-18-14-25-11-2-1-8-22(25)24-18/h1-8,11-14,19H,9-10,15-16H2. The van der Waals surface area contributed by atoms with Crippen molar-refractivity contribution in [2.24, 2.45) is 0 Å². The van der Waals surface area contributed by atoms with Crippen LogP contribution in [-0.4, -0.2) is 26.2 Å². The highest BCUT2D eigenvalue weighted by molar-refractivity contribution is 7.09. The summed E-state index contributed by atoms with van der Waals surface area (Å²) in [7, 11) is 0. The Morgan fingerprint density at radius 1 is 1.17 bits per heavy atom. The highest BCUT2D eigenvalue weighted by Crippen LogP contribution is 2.31. The monoisotopic (exact) mass is 403 g/mol. The topological polar surface area (TPSA) is 46.8 Å². The predicted molar refractivity (Wildman–Crippen MR) is 113 cm³/mol. The van der Waals surface area contributed by atoms with E-state index in [0.29, 0.717) is 30.5 Å². The summed E-state index contributed by atoms with van der Waals surface area (Å²) in [5.41, 5.74) is 2.41. The zero-order chi connectivity index (χ0) is 19.6. The molecule has 1 saturated carbocycles. The van der Waals surface area contributed by atoms with E-state index in [4.69, 9.17) is 4.74 Å². The lowest BCUT2D eigenvalue weighted by Gasteiger charge is -2.22. The molecule has 0 bridgehead atoms. The van der Waals surface area contributed by atoms with Gasteiger partial charge < -0.3 is 14.0 Å². The normalized spacial score (nSPS) is 13.5. The van der Waals surface area contributed by atoms with Crippen LogP contribution in [0.25, 0.3) is 5.65 Å². The molecule has 0 saturated heterocycles. The van der Waals surface area contributed by atoms with Crippen molar-refractivity contribution >= 4 is 22.9 Å². The molecule has 0 spiro atoms. The molecule has 0 unspecified atom stereocenters. The van der Waals surface area contributed by atoms with E-state index < -0.39 is 0 Å². The van der Waals surface area contributed by atoms with Gasteiger partial charge in [0.25, 0.3) is 5.91 Å². The number of imidazole rings is 1. The molecule has 146 valence electrons. The fourth-order valence-electron chi connectivity index (χ4n) is 3.42. The minimum atomic E-state index is 0.0686. The van der Waals surface area contributed by atoms with E-state index in [2.05, 4.69) is 16.4 Å². The van der Waals surface area contributed by atoms with Crippen LogP contribution < -0.4 is 4.74 Å². The molecule has 5 nitrogen and oxygen atoms in total. The maximum Gasteiger partial charge on any atom is 0.254 e. The summed E-state index contributed by atoms with van der Waals surface area (Å²) in [6.45, 7) is 1.04. The van der Waals surface area contributed by atoms with E-state index >= 15 is 0 Å². The van der Waals surface area contributed by atoms with Gasteiger partial charge in [-0.1, -0.05) is 18.2 Å². The summed E-state index contributed by atoms with van der Waals surface area (Å²) < 4.78 is 7.90. The average Bonchev–Trinajstić information content (AvgIpc) is 3.29. The lowest BCUT2D eigenvalue weighted by atomic mass is 10.2. The van der Waals surface area contributed by atoms with Gasteiger partial charge in [-0.05, 0) is 54.6 Å². The summed E-state index contributed by atoms with van der Waals surface area (Å²) >= 11 is 1.69. The number of carbonyl (C=O) groups is 1. The number of ether oxygens (including phenoxy) is 1. The zero-order valence-corrected chi connectivity index (χ0v) is 16.7. The molecule has 1 fully saturated rings. The van der Waals surface area contributed by atoms with Gasteiger partial charge in [-0.2, -0.15) is 0 Å². The van der Waals surface area contributed by atoms with Crippen LogP contribution in [0.5, 0.6) is 5.75 Å². The van der Waals surface area contributed by atoms with Crippen molar-refractivity contribution in [1.29, 1.82) is 0 Å². The van der Waals surface area contributed by atoms with E-state index in [1.54, 1.807) is 11.3 Å². The first-order chi connectivity index (χ1) is 14.3. The number of aromatic nitrogens is 2. The van der Waals surface area contributed by atoms with Crippen LogP contribution in [0.4, 0.5) is 0 Å². The minimum absolute atomic E-state index is 0.0686. The van der Waals surface area contributed by atoms with Gasteiger partial charge in [0.1, 0.15) is 18.0 Å². The van der Waals surface area contributed by atoms with Gasteiger partial charge in [-0.3, -0.25) is 4.79 Å². The number of amides is 1. The number of hydrogen-bond donors (Lipinski definition) is 0. The number of rotatable bonds is 7. The van der Waals surface area contributed by atoms with Crippen LogP contribution >= 0.6 is 11.3 Å². The lowest BCUT2D eigenvalue weighted by molar-refractivity contribution is 0.0731. The molecule has 3 aromatic heterocycles. The minimum Gasteiger partial charge on any atom is -0.487 e. The summed E-state index contributed by atoms with van der Waals surface area (Å²) in [5.74, 6) is 0.749. The van der Waals surface area contributed by atoms with Crippen LogP contribution in [0, 0.1) is 0 Å². The third-order valence-electron chi connectivity index (χ3n) is 5.04. The summed E-state index contributed by atoms with van der Waals surface area (Å²) in [6.07, 6.45) is 6.09.